The summed E-state index contributed by atoms with van der Waals surface area (Å²) in [4.78, 5) is 36.5. The molecule has 0 saturated heterocycles. The van der Waals surface area contributed by atoms with E-state index in [2.05, 4.69) is 5.32 Å². The summed E-state index contributed by atoms with van der Waals surface area (Å²) in [6, 6.07) is 4.85. The van der Waals surface area contributed by atoms with E-state index in [1.54, 1.807) is 18.2 Å². The van der Waals surface area contributed by atoms with Gasteiger partial charge in [-0.05, 0) is 43.9 Å². The van der Waals surface area contributed by atoms with Gasteiger partial charge in [0, 0.05) is 16.9 Å². The number of Topliss-reactive ketones (excluding diaryl/α,β-unsaturated/α-hetero) is 1. The Morgan fingerprint density at radius 3 is 2.58 bits per heavy atom. The molecule has 140 valence electrons. The van der Waals surface area contributed by atoms with Gasteiger partial charge < -0.3 is 14.8 Å². The molecule has 0 aliphatic heterocycles. The Bertz CT molecular complexity index is 704. The molecule has 3 rings (SSSR count). The summed E-state index contributed by atoms with van der Waals surface area (Å²) in [7, 11) is 1.49. The second kappa shape index (κ2) is 8.08. The molecule has 6 nitrogen and oxygen atoms in total. The van der Waals surface area contributed by atoms with Gasteiger partial charge in [0.25, 0.3) is 5.91 Å². The zero-order valence-corrected chi connectivity index (χ0v) is 15.4. The molecule has 2 atom stereocenters. The van der Waals surface area contributed by atoms with Crippen LogP contribution in [0, 0.1) is 17.8 Å². The number of rotatable bonds is 5. The third-order valence-corrected chi connectivity index (χ3v) is 5.40. The predicted octanol–water partition coefficient (Wildman–Crippen LogP) is 3.23. The average Bonchev–Trinajstić information content (AvgIpc) is 2.59. The van der Waals surface area contributed by atoms with Crippen LogP contribution in [-0.4, -0.2) is 31.4 Å². The van der Waals surface area contributed by atoms with Crippen LogP contribution in [0.2, 0.25) is 5.02 Å². The lowest BCUT2D eigenvalue weighted by molar-refractivity contribution is -0.155. The van der Waals surface area contributed by atoms with E-state index in [1.165, 1.54) is 7.11 Å². The molecule has 0 heterocycles. The van der Waals surface area contributed by atoms with E-state index in [9.17, 15) is 14.4 Å². The van der Waals surface area contributed by atoms with Crippen molar-refractivity contribution in [2.24, 2.45) is 17.8 Å². The fourth-order valence-corrected chi connectivity index (χ4v) is 4.06. The van der Waals surface area contributed by atoms with Crippen molar-refractivity contribution in [1.29, 1.82) is 0 Å². The molecule has 0 radical (unpaired) electrons. The number of carbonyl (C=O) groups is 3. The van der Waals surface area contributed by atoms with Gasteiger partial charge in [-0.1, -0.05) is 18.0 Å². The quantitative estimate of drug-likeness (QED) is 0.794. The first-order valence-electron chi connectivity index (χ1n) is 8.81. The number of carbonyl (C=O) groups excluding carboxylic acids is 3. The minimum atomic E-state index is -0.467. The standard InChI is InChI=1S/C19H22ClNO5/c1-25-16-6-5-14(20)9-15(16)21-17(22)10-26-19(24)13-7-11-3-2-4-12(8-13)18(11)23/h5-6,9,11-13H,2-4,7-8,10H2,1H3,(H,21,22)/t11-,12-/m1/s1. The first kappa shape index (κ1) is 18.7. The van der Waals surface area contributed by atoms with Crippen LogP contribution < -0.4 is 10.1 Å². The highest BCUT2D eigenvalue weighted by molar-refractivity contribution is 6.31. The molecule has 2 fully saturated rings. The minimum Gasteiger partial charge on any atom is -0.495 e. The molecule has 1 aromatic rings. The molecule has 2 aliphatic rings. The second-order valence-electron chi connectivity index (χ2n) is 6.90. The van der Waals surface area contributed by atoms with E-state index >= 15 is 0 Å². The van der Waals surface area contributed by atoms with Crippen LogP contribution in [0.3, 0.4) is 0 Å². The van der Waals surface area contributed by atoms with Crippen molar-refractivity contribution < 1.29 is 23.9 Å². The van der Waals surface area contributed by atoms with Gasteiger partial charge in [-0.3, -0.25) is 14.4 Å². The van der Waals surface area contributed by atoms with E-state index in [4.69, 9.17) is 21.1 Å². The van der Waals surface area contributed by atoms with E-state index in [1.807, 2.05) is 0 Å². The molecular weight excluding hydrogens is 358 g/mol. The van der Waals surface area contributed by atoms with Crippen molar-refractivity contribution in [3.05, 3.63) is 23.2 Å². The Hall–Kier alpha value is -2.08. The van der Waals surface area contributed by atoms with Crippen molar-refractivity contribution in [3.63, 3.8) is 0 Å². The third-order valence-electron chi connectivity index (χ3n) is 5.16. The van der Waals surface area contributed by atoms with Crippen LogP contribution in [0.4, 0.5) is 5.69 Å². The van der Waals surface area contributed by atoms with Crippen molar-refractivity contribution >= 4 is 34.9 Å². The number of amides is 1. The van der Waals surface area contributed by atoms with Gasteiger partial charge in [0.05, 0.1) is 18.7 Å². The van der Waals surface area contributed by atoms with Gasteiger partial charge in [0.1, 0.15) is 11.5 Å². The summed E-state index contributed by atoms with van der Waals surface area (Å²) in [5.74, 6) is -0.446. The zero-order chi connectivity index (χ0) is 18.7. The lowest BCUT2D eigenvalue weighted by Crippen LogP contribution is -2.40. The topological polar surface area (TPSA) is 81.7 Å². The van der Waals surface area contributed by atoms with Gasteiger partial charge >= 0.3 is 5.97 Å². The molecular formula is C19H22ClNO5. The summed E-state index contributed by atoms with van der Waals surface area (Å²) < 4.78 is 10.3. The average molecular weight is 380 g/mol. The minimum absolute atomic E-state index is 0.0235. The third kappa shape index (κ3) is 4.18. The Labute approximate surface area is 157 Å². The second-order valence-corrected chi connectivity index (χ2v) is 7.33. The maximum Gasteiger partial charge on any atom is 0.309 e. The zero-order valence-electron chi connectivity index (χ0n) is 14.6. The summed E-state index contributed by atoms with van der Waals surface area (Å²) >= 11 is 5.92. The van der Waals surface area contributed by atoms with Crippen molar-refractivity contribution in [2.75, 3.05) is 19.0 Å². The Morgan fingerprint density at radius 2 is 1.92 bits per heavy atom. The molecule has 7 heteroatoms. The molecule has 0 spiro atoms. The fourth-order valence-electron chi connectivity index (χ4n) is 3.89. The first-order valence-corrected chi connectivity index (χ1v) is 9.19. The number of fused-ring (bicyclic) bond motifs is 2. The molecule has 1 amide bonds. The number of esters is 1. The van der Waals surface area contributed by atoms with Crippen LogP contribution in [0.1, 0.15) is 32.1 Å². The molecule has 2 bridgehead atoms. The lowest BCUT2D eigenvalue weighted by atomic mass is 9.67. The maximum atomic E-state index is 12.3. The van der Waals surface area contributed by atoms with Crippen molar-refractivity contribution in [1.82, 2.24) is 0 Å². The van der Waals surface area contributed by atoms with Crippen LogP contribution in [0.15, 0.2) is 18.2 Å². The van der Waals surface area contributed by atoms with E-state index < -0.39 is 11.9 Å². The number of hydrogen-bond donors (Lipinski definition) is 1. The number of ketones is 1. The molecule has 26 heavy (non-hydrogen) atoms. The molecule has 0 aromatic heterocycles. The smallest absolute Gasteiger partial charge is 0.309 e. The number of hydrogen-bond acceptors (Lipinski definition) is 5. The fraction of sp³-hybridized carbons (Fsp3) is 0.526. The number of methoxy groups -OCH3 is 1. The van der Waals surface area contributed by atoms with Crippen molar-refractivity contribution in [2.45, 2.75) is 32.1 Å². The van der Waals surface area contributed by atoms with Crippen LogP contribution >= 0.6 is 11.6 Å². The highest BCUT2D eigenvalue weighted by atomic mass is 35.5. The van der Waals surface area contributed by atoms with Crippen LogP contribution in [0.25, 0.3) is 0 Å². The first-order chi connectivity index (χ1) is 12.5. The lowest BCUT2D eigenvalue weighted by Gasteiger charge is -2.36. The SMILES string of the molecule is COc1ccc(Cl)cc1NC(=O)COC(=O)C1C[C@H]2CCC[C@H](C1)C2=O. The molecule has 2 saturated carbocycles. The molecule has 0 unspecified atom stereocenters. The van der Waals surface area contributed by atoms with Gasteiger partial charge in [0.2, 0.25) is 0 Å². The molecule has 2 aliphatic carbocycles. The Kier molecular flexibility index (Phi) is 5.81. The Morgan fingerprint density at radius 1 is 1.23 bits per heavy atom. The number of ether oxygens (including phenoxy) is 2. The molecule has 1 N–H and O–H groups in total. The van der Waals surface area contributed by atoms with Gasteiger partial charge in [-0.2, -0.15) is 0 Å². The number of anilines is 1. The van der Waals surface area contributed by atoms with E-state index in [0.29, 0.717) is 35.1 Å². The number of benzene rings is 1. The highest BCUT2D eigenvalue weighted by Crippen LogP contribution is 2.40. The van der Waals surface area contributed by atoms with Crippen molar-refractivity contribution in [3.8, 4) is 5.75 Å². The van der Waals surface area contributed by atoms with Gasteiger partial charge in [-0.15, -0.1) is 0 Å². The van der Waals surface area contributed by atoms with Crippen LogP contribution in [0.5, 0.6) is 5.75 Å². The number of nitrogens with one attached hydrogen (secondary N) is 1. The largest absolute Gasteiger partial charge is 0.495 e. The summed E-state index contributed by atoms with van der Waals surface area (Å²) in [5, 5.41) is 3.08. The maximum absolute atomic E-state index is 12.3. The van der Waals surface area contributed by atoms with Crippen LogP contribution in [-0.2, 0) is 19.1 Å². The van der Waals surface area contributed by atoms with E-state index in [0.717, 1.165) is 19.3 Å². The van der Waals surface area contributed by atoms with E-state index in [-0.39, 0.29) is 24.4 Å². The van der Waals surface area contributed by atoms with Gasteiger partial charge in [0.15, 0.2) is 6.61 Å². The van der Waals surface area contributed by atoms with Gasteiger partial charge in [-0.25, -0.2) is 0 Å². The monoisotopic (exact) mass is 379 g/mol. The Balaban J connectivity index is 1.52. The predicted molar refractivity (Wildman–Crippen MR) is 96.2 cm³/mol. The summed E-state index contributed by atoms with van der Waals surface area (Å²) in [6.07, 6.45) is 3.84. The normalized spacial score (nSPS) is 24.7. The summed E-state index contributed by atoms with van der Waals surface area (Å²) in [6.45, 7) is -0.381. The summed E-state index contributed by atoms with van der Waals surface area (Å²) in [5.41, 5.74) is 0.416. The highest BCUT2D eigenvalue weighted by Gasteiger charge is 2.41. The molecule has 1 aromatic carbocycles. The number of halogens is 1.